The van der Waals surface area contributed by atoms with E-state index in [0.29, 0.717) is 18.9 Å². The molecule has 2 heterocycles. The number of aromatic nitrogens is 2. The van der Waals surface area contributed by atoms with Crippen molar-refractivity contribution in [2.45, 2.75) is 0 Å². The highest BCUT2D eigenvalue weighted by Crippen LogP contribution is 2.30. The van der Waals surface area contributed by atoms with Gasteiger partial charge >= 0.3 is 0 Å². The first-order valence-electron chi connectivity index (χ1n) is 6.45. The van der Waals surface area contributed by atoms with Gasteiger partial charge in [-0.2, -0.15) is 0 Å². The van der Waals surface area contributed by atoms with E-state index in [2.05, 4.69) is 14.9 Å². The Hall–Kier alpha value is -1.85. The highest BCUT2D eigenvalue weighted by atomic mass is 35.5. The Bertz CT molecular complexity index is 614. The first-order chi connectivity index (χ1) is 9.74. The molecule has 1 aliphatic rings. The Labute approximate surface area is 122 Å². The molecule has 0 saturated carbocycles. The summed E-state index contributed by atoms with van der Waals surface area (Å²) in [5.41, 5.74) is 9.26. The number of benzene rings is 1. The zero-order chi connectivity index (χ0) is 13.9. The van der Waals surface area contributed by atoms with E-state index in [1.54, 1.807) is 6.20 Å². The zero-order valence-electron chi connectivity index (χ0n) is 10.9. The smallest absolute Gasteiger partial charge is 0.223 e. The molecule has 0 amide bonds. The van der Waals surface area contributed by atoms with Gasteiger partial charge in [-0.3, -0.25) is 0 Å². The summed E-state index contributed by atoms with van der Waals surface area (Å²) in [6.07, 6.45) is 1.76. The van der Waals surface area contributed by atoms with Crippen molar-refractivity contribution in [3.63, 3.8) is 0 Å². The van der Waals surface area contributed by atoms with E-state index in [9.17, 15) is 0 Å². The zero-order valence-corrected chi connectivity index (χ0v) is 11.7. The fourth-order valence-corrected chi connectivity index (χ4v) is 2.42. The van der Waals surface area contributed by atoms with Gasteiger partial charge < -0.3 is 15.4 Å². The van der Waals surface area contributed by atoms with Crippen molar-refractivity contribution in [3.05, 3.63) is 35.7 Å². The molecule has 104 valence electrons. The Morgan fingerprint density at radius 3 is 2.80 bits per heavy atom. The number of anilines is 2. The molecule has 0 spiro atoms. The molecule has 0 atom stereocenters. The number of ether oxygens (including phenoxy) is 1. The van der Waals surface area contributed by atoms with Crippen molar-refractivity contribution >= 4 is 23.0 Å². The van der Waals surface area contributed by atoms with Crippen LogP contribution in [0.5, 0.6) is 0 Å². The van der Waals surface area contributed by atoms with Gasteiger partial charge in [0.15, 0.2) is 0 Å². The Morgan fingerprint density at radius 2 is 2.05 bits per heavy atom. The Morgan fingerprint density at radius 1 is 1.25 bits per heavy atom. The minimum atomic E-state index is 0.236. The van der Waals surface area contributed by atoms with Crippen LogP contribution in [0.2, 0.25) is 5.28 Å². The lowest BCUT2D eigenvalue weighted by molar-refractivity contribution is 0.122. The molecule has 0 aliphatic carbocycles. The summed E-state index contributed by atoms with van der Waals surface area (Å²) >= 11 is 5.95. The molecule has 3 rings (SSSR count). The van der Waals surface area contributed by atoms with Crippen LogP contribution in [0.3, 0.4) is 0 Å². The molecule has 1 aromatic carbocycles. The topological polar surface area (TPSA) is 64.3 Å². The van der Waals surface area contributed by atoms with Crippen molar-refractivity contribution in [1.29, 1.82) is 0 Å². The Balaban J connectivity index is 2.06. The summed E-state index contributed by atoms with van der Waals surface area (Å²) in [6.45, 7) is 3.05. The molecule has 1 saturated heterocycles. The molecule has 0 unspecified atom stereocenters. The lowest BCUT2D eigenvalue weighted by atomic mass is 10.1. The number of nitrogens with two attached hydrogens (primary N) is 1. The van der Waals surface area contributed by atoms with E-state index in [1.807, 2.05) is 24.3 Å². The van der Waals surface area contributed by atoms with Gasteiger partial charge in [-0.15, -0.1) is 0 Å². The number of hydrogen-bond donors (Lipinski definition) is 1. The van der Waals surface area contributed by atoms with Gasteiger partial charge in [-0.1, -0.05) is 12.1 Å². The van der Waals surface area contributed by atoms with E-state index in [0.717, 1.165) is 30.0 Å². The third-order valence-corrected chi connectivity index (χ3v) is 3.43. The van der Waals surface area contributed by atoms with Crippen LogP contribution in [0.1, 0.15) is 0 Å². The third-order valence-electron chi connectivity index (χ3n) is 3.25. The SMILES string of the molecule is Nc1cccc(-c2nc(Cl)ncc2N2CCOCC2)c1. The second-order valence-electron chi connectivity index (χ2n) is 4.60. The minimum Gasteiger partial charge on any atom is -0.399 e. The molecular weight excluding hydrogens is 276 g/mol. The van der Waals surface area contributed by atoms with Crippen LogP contribution in [-0.2, 0) is 4.74 Å². The van der Waals surface area contributed by atoms with Crippen LogP contribution in [0, 0.1) is 0 Å². The lowest BCUT2D eigenvalue weighted by Gasteiger charge is -2.29. The molecule has 0 bridgehead atoms. The molecule has 20 heavy (non-hydrogen) atoms. The second kappa shape index (κ2) is 5.64. The quantitative estimate of drug-likeness (QED) is 0.679. The number of nitrogen functional groups attached to an aromatic ring is 1. The van der Waals surface area contributed by atoms with E-state index in [4.69, 9.17) is 22.1 Å². The molecule has 5 nitrogen and oxygen atoms in total. The predicted octanol–water partition coefficient (Wildman–Crippen LogP) is 2.22. The van der Waals surface area contributed by atoms with Gasteiger partial charge in [0.1, 0.15) is 0 Å². The van der Waals surface area contributed by atoms with Crippen LogP contribution in [0.15, 0.2) is 30.5 Å². The largest absolute Gasteiger partial charge is 0.399 e. The second-order valence-corrected chi connectivity index (χ2v) is 4.94. The molecule has 6 heteroatoms. The number of rotatable bonds is 2. The average Bonchev–Trinajstić information content (AvgIpc) is 2.48. The van der Waals surface area contributed by atoms with E-state index in [1.165, 1.54) is 0 Å². The monoisotopic (exact) mass is 290 g/mol. The fraction of sp³-hybridized carbons (Fsp3) is 0.286. The molecular formula is C14H15ClN4O. The standard InChI is InChI=1S/C14H15ClN4O/c15-14-17-9-12(19-4-6-20-7-5-19)13(18-14)10-2-1-3-11(16)8-10/h1-3,8-9H,4-7,16H2. The van der Waals surface area contributed by atoms with Crippen LogP contribution in [0.25, 0.3) is 11.3 Å². The fourth-order valence-electron chi connectivity index (χ4n) is 2.29. The predicted molar refractivity (Wildman–Crippen MR) is 79.9 cm³/mol. The average molecular weight is 291 g/mol. The van der Waals surface area contributed by atoms with Gasteiger partial charge in [0.2, 0.25) is 5.28 Å². The molecule has 1 fully saturated rings. The van der Waals surface area contributed by atoms with Gasteiger partial charge in [0.25, 0.3) is 0 Å². The molecule has 1 aliphatic heterocycles. The normalized spacial score (nSPS) is 15.3. The molecule has 1 aromatic heterocycles. The third kappa shape index (κ3) is 2.69. The van der Waals surface area contributed by atoms with E-state index in [-0.39, 0.29) is 5.28 Å². The molecule has 2 aromatic rings. The van der Waals surface area contributed by atoms with Crippen molar-refractivity contribution in [2.75, 3.05) is 36.9 Å². The first-order valence-corrected chi connectivity index (χ1v) is 6.83. The molecule has 2 N–H and O–H groups in total. The van der Waals surface area contributed by atoms with Gasteiger partial charge in [0.05, 0.1) is 30.8 Å². The number of morpholine rings is 1. The summed E-state index contributed by atoms with van der Waals surface area (Å²) in [5, 5.41) is 0.236. The summed E-state index contributed by atoms with van der Waals surface area (Å²) in [4.78, 5) is 10.7. The van der Waals surface area contributed by atoms with Crippen molar-refractivity contribution in [3.8, 4) is 11.3 Å². The highest BCUT2D eigenvalue weighted by molar-refractivity contribution is 6.28. The van der Waals surface area contributed by atoms with Crippen LogP contribution in [0.4, 0.5) is 11.4 Å². The van der Waals surface area contributed by atoms with Crippen LogP contribution in [-0.4, -0.2) is 36.3 Å². The van der Waals surface area contributed by atoms with E-state index >= 15 is 0 Å². The maximum absolute atomic E-state index is 5.95. The number of halogens is 1. The number of hydrogen-bond acceptors (Lipinski definition) is 5. The van der Waals surface area contributed by atoms with E-state index < -0.39 is 0 Å². The summed E-state index contributed by atoms with van der Waals surface area (Å²) in [7, 11) is 0. The lowest BCUT2D eigenvalue weighted by Crippen LogP contribution is -2.36. The first kappa shape index (κ1) is 13.1. The van der Waals surface area contributed by atoms with Crippen molar-refractivity contribution in [2.24, 2.45) is 0 Å². The summed E-state index contributed by atoms with van der Waals surface area (Å²) in [5.74, 6) is 0. The van der Waals surface area contributed by atoms with Crippen LogP contribution >= 0.6 is 11.6 Å². The maximum atomic E-state index is 5.95. The van der Waals surface area contributed by atoms with Crippen molar-refractivity contribution < 1.29 is 4.74 Å². The van der Waals surface area contributed by atoms with Gasteiger partial charge in [-0.05, 0) is 23.7 Å². The molecule has 0 radical (unpaired) electrons. The van der Waals surface area contributed by atoms with Gasteiger partial charge in [-0.25, -0.2) is 9.97 Å². The number of nitrogens with zero attached hydrogens (tertiary/aromatic N) is 3. The van der Waals surface area contributed by atoms with Crippen molar-refractivity contribution in [1.82, 2.24) is 9.97 Å². The summed E-state index contributed by atoms with van der Waals surface area (Å²) < 4.78 is 5.38. The van der Waals surface area contributed by atoms with Crippen LogP contribution < -0.4 is 10.6 Å². The Kier molecular flexibility index (Phi) is 3.71. The minimum absolute atomic E-state index is 0.236. The highest BCUT2D eigenvalue weighted by Gasteiger charge is 2.18. The van der Waals surface area contributed by atoms with Gasteiger partial charge in [0, 0.05) is 24.3 Å². The summed E-state index contributed by atoms with van der Waals surface area (Å²) in [6, 6.07) is 7.62. The maximum Gasteiger partial charge on any atom is 0.223 e.